The van der Waals surface area contributed by atoms with Gasteiger partial charge in [-0.1, -0.05) is 20.3 Å². The molecule has 0 spiro atoms. The summed E-state index contributed by atoms with van der Waals surface area (Å²) in [6, 6.07) is 0. The molecule has 1 fully saturated rings. The van der Waals surface area contributed by atoms with Gasteiger partial charge in [0.25, 0.3) is 0 Å². The third-order valence-corrected chi connectivity index (χ3v) is 2.48. The molecule has 0 heterocycles. The van der Waals surface area contributed by atoms with Crippen LogP contribution in [0.5, 0.6) is 0 Å². The van der Waals surface area contributed by atoms with Crippen LogP contribution in [0.2, 0.25) is 0 Å². The van der Waals surface area contributed by atoms with E-state index in [1.54, 1.807) is 0 Å². The van der Waals surface area contributed by atoms with Gasteiger partial charge in [0.1, 0.15) is 0 Å². The molecular formula is C8H15. The Morgan fingerprint density at radius 1 is 1.50 bits per heavy atom. The summed E-state index contributed by atoms with van der Waals surface area (Å²) in [7, 11) is 0. The van der Waals surface area contributed by atoms with Gasteiger partial charge in [-0.05, 0) is 31.1 Å². The summed E-state index contributed by atoms with van der Waals surface area (Å²) in [4.78, 5) is 0. The zero-order chi connectivity index (χ0) is 6.20. The minimum Gasteiger partial charge on any atom is -0.0596 e. The van der Waals surface area contributed by atoms with Gasteiger partial charge < -0.3 is 0 Å². The van der Waals surface area contributed by atoms with E-state index in [4.69, 9.17) is 0 Å². The summed E-state index contributed by atoms with van der Waals surface area (Å²) in [5.74, 6) is 0.711. The summed E-state index contributed by atoms with van der Waals surface area (Å²) in [6.07, 6.45) is 4.11. The minimum absolute atomic E-state index is 0.542. The van der Waals surface area contributed by atoms with Crippen molar-refractivity contribution in [3.05, 3.63) is 6.92 Å². The Balaban J connectivity index is 2.54. The Labute approximate surface area is 52.3 Å². The first-order valence-corrected chi connectivity index (χ1v) is 3.46. The molecule has 0 heteroatoms. The van der Waals surface area contributed by atoms with E-state index in [9.17, 15) is 0 Å². The third kappa shape index (κ3) is 0.888. The fourth-order valence-electron chi connectivity index (χ4n) is 1.40. The smallest absolute Gasteiger partial charge is 0.0326 e. The number of hydrogen-bond donors (Lipinski definition) is 0. The minimum atomic E-state index is 0.542. The summed E-state index contributed by atoms with van der Waals surface area (Å²) in [5, 5.41) is 0. The predicted octanol–water partition coefficient (Wildman–Crippen LogP) is 2.65. The molecule has 1 rings (SSSR count). The van der Waals surface area contributed by atoms with Gasteiger partial charge in [0.2, 0.25) is 0 Å². The molecule has 0 bridgehead atoms. The first kappa shape index (κ1) is 6.12. The van der Waals surface area contributed by atoms with Crippen molar-refractivity contribution in [1.82, 2.24) is 0 Å². The highest BCUT2D eigenvalue weighted by molar-refractivity contribution is 4.85. The zero-order valence-corrected chi connectivity index (χ0v) is 5.91. The lowest BCUT2D eigenvalue weighted by atomic mass is 9.83. The van der Waals surface area contributed by atoms with Crippen LogP contribution in [0.4, 0.5) is 0 Å². The number of rotatable bonds is 0. The van der Waals surface area contributed by atoms with Crippen molar-refractivity contribution in [2.45, 2.75) is 33.1 Å². The van der Waals surface area contributed by atoms with Gasteiger partial charge in [-0.25, -0.2) is 0 Å². The maximum absolute atomic E-state index is 4.09. The average molecular weight is 111 g/mol. The molecule has 0 N–H and O–H groups in total. The van der Waals surface area contributed by atoms with Crippen molar-refractivity contribution in [2.24, 2.45) is 11.3 Å². The molecule has 0 aromatic carbocycles. The van der Waals surface area contributed by atoms with Crippen molar-refractivity contribution >= 4 is 0 Å². The van der Waals surface area contributed by atoms with Crippen LogP contribution in [0.25, 0.3) is 0 Å². The monoisotopic (exact) mass is 111 g/mol. The van der Waals surface area contributed by atoms with Crippen molar-refractivity contribution in [3.63, 3.8) is 0 Å². The van der Waals surface area contributed by atoms with Crippen LogP contribution in [-0.2, 0) is 0 Å². The number of hydrogen-bond acceptors (Lipinski definition) is 0. The Kier molecular flexibility index (Phi) is 1.34. The molecule has 0 nitrogen and oxygen atoms in total. The molecule has 0 aliphatic heterocycles. The van der Waals surface area contributed by atoms with E-state index in [1.165, 1.54) is 19.3 Å². The highest BCUT2D eigenvalue weighted by atomic mass is 14.4. The molecular weight excluding hydrogens is 96.1 g/mol. The Bertz CT molecular complexity index is 82.0. The second-order valence-corrected chi connectivity index (χ2v) is 3.58. The van der Waals surface area contributed by atoms with Crippen LogP contribution in [0, 0.1) is 18.3 Å². The van der Waals surface area contributed by atoms with Crippen LogP contribution in [0.15, 0.2) is 0 Å². The Morgan fingerprint density at radius 3 is 2.25 bits per heavy atom. The molecule has 1 radical (unpaired) electrons. The van der Waals surface area contributed by atoms with Gasteiger partial charge in [0, 0.05) is 0 Å². The van der Waals surface area contributed by atoms with Crippen molar-refractivity contribution in [2.75, 3.05) is 0 Å². The largest absolute Gasteiger partial charge is 0.0596 e. The van der Waals surface area contributed by atoms with E-state index >= 15 is 0 Å². The molecule has 8 heavy (non-hydrogen) atoms. The van der Waals surface area contributed by atoms with Gasteiger partial charge in [0.05, 0.1) is 0 Å². The SMILES string of the molecule is [CH2]C1CCCC1(C)C. The fraction of sp³-hybridized carbons (Fsp3) is 0.875. The summed E-state index contributed by atoms with van der Waals surface area (Å²) in [5.41, 5.74) is 0.542. The van der Waals surface area contributed by atoms with Crippen LogP contribution < -0.4 is 0 Å². The fourth-order valence-corrected chi connectivity index (χ4v) is 1.40. The molecule has 0 aromatic heterocycles. The van der Waals surface area contributed by atoms with Crippen LogP contribution >= 0.6 is 0 Å². The van der Waals surface area contributed by atoms with E-state index in [0.717, 1.165) is 0 Å². The van der Waals surface area contributed by atoms with Gasteiger partial charge in [0.15, 0.2) is 0 Å². The molecule has 1 aliphatic carbocycles. The van der Waals surface area contributed by atoms with E-state index in [0.29, 0.717) is 11.3 Å². The van der Waals surface area contributed by atoms with Crippen LogP contribution in [0.1, 0.15) is 33.1 Å². The first-order chi connectivity index (χ1) is 3.63. The maximum Gasteiger partial charge on any atom is -0.0326 e. The average Bonchev–Trinajstić information content (AvgIpc) is 1.86. The molecule has 1 atom stereocenters. The Hall–Kier alpha value is 0. The highest BCUT2D eigenvalue weighted by Gasteiger charge is 2.30. The highest BCUT2D eigenvalue weighted by Crippen LogP contribution is 2.41. The summed E-state index contributed by atoms with van der Waals surface area (Å²) >= 11 is 0. The van der Waals surface area contributed by atoms with Gasteiger partial charge in [-0.15, -0.1) is 0 Å². The van der Waals surface area contributed by atoms with E-state index in [2.05, 4.69) is 20.8 Å². The molecule has 0 saturated heterocycles. The van der Waals surface area contributed by atoms with Gasteiger partial charge in [-0.2, -0.15) is 0 Å². The lowest BCUT2D eigenvalue weighted by molar-refractivity contribution is 0.307. The predicted molar refractivity (Wildman–Crippen MR) is 36.5 cm³/mol. The van der Waals surface area contributed by atoms with Gasteiger partial charge >= 0.3 is 0 Å². The second-order valence-electron chi connectivity index (χ2n) is 3.58. The van der Waals surface area contributed by atoms with E-state index in [1.807, 2.05) is 0 Å². The van der Waals surface area contributed by atoms with Crippen molar-refractivity contribution in [3.8, 4) is 0 Å². The van der Waals surface area contributed by atoms with Crippen molar-refractivity contribution < 1.29 is 0 Å². The normalized spacial score (nSPS) is 35.6. The summed E-state index contributed by atoms with van der Waals surface area (Å²) in [6.45, 7) is 8.72. The first-order valence-electron chi connectivity index (χ1n) is 3.46. The molecule has 1 aliphatic rings. The van der Waals surface area contributed by atoms with Gasteiger partial charge in [-0.3, -0.25) is 0 Å². The molecule has 47 valence electrons. The zero-order valence-electron chi connectivity index (χ0n) is 5.91. The topological polar surface area (TPSA) is 0 Å². The molecule has 0 amide bonds. The lowest BCUT2D eigenvalue weighted by Gasteiger charge is -2.22. The Morgan fingerprint density at radius 2 is 2.12 bits per heavy atom. The second kappa shape index (κ2) is 1.75. The van der Waals surface area contributed by atoms with E-state index < -0.39 is 0 Å². The molecule has 1 saturated carbocycles. The molecule has 0 aromatic rings. The third-order valence-electron chi connectivity index (χ3n) is 2.48. The van der Waals surface area contributed by atoms with Crippen molar-refractivity contribution in [1.29, 1.82) is 0 Å². The standard InChI is InChI=1S/C8H15/c1-7-5-4-6-8(7,2)3/h7H,1,4-6H2,2-3H3. The van der Waals surface area contributed by atoms with Crippen LogP contribution in [-0.4, -0.2) is 0 Å². The lowest BCUT2D eigenvalue weighted by Crippen LogP contribution is -2.13. The molecule has 1 unspecified atom stereocenters. The van der Waals surface area contributed by atoms with E-state index in [-0.39, 0.29) is 0 Å². The van der Waals surface area contributed by atoms with Crippen LogP contribution in [0.3, 0.4) is 0 Å². The summed E-state index contributed by atoms with van der Waals surface area (Å²) < 4.78 is 0. The quantitative estimate of drug-likeness (QED) is 0.451. The maximum atomic E-state index is 4.09.